The van der Waals surface area contributed by atoms with E-state index < -0.39 is 0 Å². The molecule has 0 fully saturated rings. The van der Waals surface area contributed by atoms with Crippen molar-refractivity contribution in [3.05, 3.63) is 41.6 Å². The number of aromatic nitrogens is 3. The fourth-order valence-corrected chi connectivity index (χ4v) is 1.59. The minimum Gasteiger partial charge on any atom is -0.292 e. The van der Waals surface area contributed by atoms with Crippen LogP contribution in [0.3, 0.4) is 0 Å². The van der Waals surface area contributed by atoms with E-state index in [9.17, 15) is 0 Å². The Morgan fingerprint density at radius 1 is 1.44 bits per heavy atom. The fraction of sp³-hybridized carbons (Fsp3) is 0.250. The third kappa shape index (κ3) is 1.80. The molecule has 0 saturated heterocycles. The molecule has 16 heavy (non-hydrogen) atoms. The lowest BCUT2D eigenvalue weighted by Gasteiger charge is -2.06. The van der Waals surface area contributed by atoms with E-state index in [2.05, 4.69) is 16.0 Å². The van der Waals surface area contributed by atoms with E-state index in [1.54, 1.807) is 10.6 Å². The highest BCUT2D eigenvalue weighted by molar-refractivity contribution is 5.34. The van der Waals surface area contributed by atoms with Crippen LogP contribution in [0.5, 0.6) is 0 Å². The molecule has 0 atom stereocenters. The number of hydrogen-bond donors (Lipinski definition) is 0. The Labute approximate surface area is 94.2 Å². The van der Waals surface area contributed by atoms with Crippen LogP contribution in [0.15, 0.2) is 24.4 Å². The van der Waals surface area contributed by atoms with Crippen molar-refractivity contribution in [1.82, 2.24) is 14.5 Å². The fourth-order valence-electron chi connectivity index (χ4n) is 1.59. The second kappa shape index (κ2) is 4.15. The Bertz CT molecular complexity index is 548. The van der Waals surface area contributed by atoms with Crippen molar-refractivity contribution in [3.63, 3.8) is 0 Å². The van der Waals surface area contributed by atoms with Gasteiger partial charge in [0.1, 0.15) is 23.4 Å². The summed E-state index contributed by atoms with van der Waals surface area (Å²) in [4.78, 5) is 8.64. The topological polar surface area (TPSA) is 54.5 Å². The van der Waals surface area contributed by atoms with Crippen LogP contribution in [0, 0.1) is 18.3 Å². The molecule has 0 unspecified atom stereocenters. The van der Waals surface area contributed by atoms with E-state index >= 15 is 0 Å². The average Bonchev–Trinajstić information content (AvgIpc) is 2.76. The molecule has 0 spiro atoms. The largest absolute Gasteiger partial charge is 0.292 e. The normalized spacial score (nSPS) is 10.1. The van der Waals surface area contributed by atoms with E-state index in [0.29, 0.717) is 5.69 Å². The van der Waals surface area contributed by atoms with Gasteiger partial charge in [-0.25, -0.2) is 9.97 Å². The third-order valence-electron chi connectivity index (χ3n) is 2.35. The summed E-state index contributed by atoms with van der Waals surface area (Å²) >= 11 is 0. The van der Waals surface area contributed by atoms with Gasteiger partial charge in [-0.15, -0.1) is 0 Å². The van der Waals surface area contributed by atoms with Crippen LogP contribution in [-0.4, -0.2) is 14.5 Å². The molecule has 0 aliphatic carbocycles. The number of hydrogen-bond acceptors (Lipinski definition) is 3. The molecule has 0 radical (unpaired) electrons. The highest BCUT2D eigenvalue weighted by atomic mass is 15.1. The van der Waals surface area contributed by atoms with Crippen LogP contribution in [0.2, 0.25) is 0 Å². The predicted molar refractivity (Wildman–Crippen MR) is 60.2 cm³/mol. The van der Waals surface area contributed by atoms with Crippen molar-refractivity contribution in [3.8, 4) is 11.9 Å². The summed E-state index contributed by atoms with van der Waals surface area (Å²) in [6.07, 6.45) is 2.69. The summed E-state index contributed by atoms with van der Waals surface area (Å²) in [6.45, 7) is 3.91. The van der Waals surface area contributed by atoms with Gasteiger partial charge in [0.2, 0.25) is 0 Å². The Hall–Kier alpha value is -2.15. The zero-order valence-corrected chi connectivity index (χ0v) is 9.31. The molecule has 0 aliphatic heterocycles. The molecular weight excluding hydrogens is 200 g/mol. The molecule has 0 bridgehead atoms. The zero-order valence-electron chi connectivity index (χ0n) is 9.31. The molecule has 0 aromatic carbocycles. The summed E-state index contributed by atoms with van der Waals surface area (Å²) in [6, 6.07) is 7.65. The Morgan fingerprint density at radius 3 is 2.94 bits per heavy atom. The molecular formula is C12H12N4. The lowest BCUT2D eigenvalue weighted by molar-refractivity contribution is 0.890. The molecule has 4 nitrogen and oxygen atoms in total. The van der Waals surface area contributed by atoms with E-state index in [1.165, 1.54) is 0 Å². The second-order valence-electron chi connectivity index (χ2n) is 3.49. The molecule has 4 heteroatoms. The quantitative estimate of drug-likeness (QED) is 0.765. The minimum atomic E-state index is 0.583. The standard InChI is InChI=1S/C12H12N4/c1-3-10-7-12(15-9(2)14-10)16-6-4-5-11(16)8-13/h4-7H,3H2,1-2H3. The molecule has 2 aromatic rings. The number of nitrogens with zero attached hydrogens (tertiary/aromatic N) is 4. The first kappa shape index (κ1) is 10.4. The van der Waals surface area contributed by atoms with Gasteiger partial charge in [0, 0.05) is 18.0 Å². The maximum Gasteiger partial charge on any atom is 0.141 e. The van der Waals surface area contributed by atoms with Crippen molar-refractivity contribution in [2.45, 2.75) is 20.3 Å². The number of nitriles is 1. The van der Waals surface area contributed by atoms with E-state index in [4.69, 9.17) is 5.26 Å². The van der Waals surface area contributed by atoms with Crippen LogP contribution in [0.4, 0.5) is 0 Å². The molecule has 0 aliphatic rings. The maximum atomic E-state index is 8.95. The highest BCUT2D eigenvalue weighted by Crippen LogP contribution is 2.11. The van der Waals surface area contributed by atoms with E-state index in [-0.39, 0.29) is 0 Å². The molecule has 80 valence electrons. The molecule has 2 heterocycles. The SMILES string of the molecule is CCc1cc(-n2cccc2C#N)nc(C)n1. The summed E-state index contributed by atoms with van der Waals surface area (Å²) in [5, 5.41) is 8.95. The lowest BCUT2D eigenvalue weighted by atomic mass is 10.3. The van der Waals surface area contributed by atoms with Crippen molar-refractivity contribution < 1.29 is 0 Å². The van der Waals surface area contributed by atoms with E-state index in [1.807, 2.05) is 32.2 Å². The molecule has 2 rings (SSSR count). The van der Waals surface area contributed by atoms with Crippen molar-refractivity contribution in [2.75, 3.05) is 0 Å². The van der Waals surface area contributed by atoms with Gasteiger partial charge < -0.3 is 0 Å². The Balaban J connectivity index is 2.56. The third-order valence-corrected chi connectivity index (χ3v) is 2.35. The van der Waals surface area contributed by atoms with Crippen molar-refractivity contribution in [2.24, 2.45) is 0 Å². The lowest BCUT2D eigenvalue weighted by Crippen LogP contribution is -2.03. The summed E-state index contributed by atoms with van der Waals surface area (Å²) in [5.41, 5.74) is 1.57. The number of rotatable bonds is 2. The molecule has 2 aromatic heterocycles. The monoisotopic (exact) mass is 212 g/mol. The summed E-state index contributed by atoms with van der Waals surface area (Å²) < 4.78 is 1.77. The molecule has 0 N–H and O–H groups in total. The van der Waals surface area contributed by atoms with Gasteiger partial charge in [-0.2, -0.15) is 5.26 Å². The van der Waals surface area contributed by atoms with Gasteiger partial charge >= 0.3 is 0 Å². The van der Waals surface area contributed by atoms with Gasteiger partial charge in [0.25, 0.3) is 0 Å². The van der Waals surface area contributed by atoms with Crippen molar-refractivity contribution >= 4 is 0 Å². The number of aryl methyl sites for hydroxylation is 2. The van der Waals surface area contributed by atoms with Crippen LogP contribution >= 0.6 is 0 Å². The first-order chi connectivity index (χ1) is 7.74. The maximum absolute atomic E-state index is 8.95. The summed E-state index contributed by atoms with van der Waals surface area (Å²) in [7, 11) is 0. The molecule has 0 saturated carbocycles. The zero-order chi connectivity index (χ0) is 11.5. The van der Waals surface area contributed by atoms with Crippen LogP contribution in [-0.2, 0) is 6.42 Å². The molecule has 0 amide bonds. The predicted octanol–water partition coefficient (Wildman–Crippen LogP) is 2.01. The first-order valence-electron chi connectivity index (χ1n) is 5.17. The highest BCUT2D eigenvalue weighted by Gasteiger charge is 2.06. The Morgan fingerprint density at radius 2 is 2.25 bits per heavy atom. The second-order valence-corrected chi connectivity index (χ2v) is 3.49. The smallest absolute Gasteiger partial charge is 0.141 e. The summed E-state index contributed by atoms with van der Waals surface area (Å²) in [5.74, 6) is 1.48. The van der Waals surface area contributed by atoms with Gasteiger partial charge in [0.05, 0.1) is 0 Å². The van der Waals surface area contributed by atoms with Crippen LogP contribution < -0.4 is 0 Å². The van der Waals surface area contributed by atoms with Crippen LogP contribution in [0.25, 0.3) is 5.82 Å². The first-order valence-corrected chi connectivity index (χ1v) is 5.17. The van der Waals surface area contributed by atoms with Gasteiger partial charge in [-0.05, 0) is 25.5 Å². The van der Waals surface area contributed by atoms with Crippen LogP contribution in [0.1, 0.15) is 24.1 Å². The van der Waals surface area contributed by atoms with Gasteiger partial charge in [-0.3, -0.25) is 4.57 Å². The van der Waals surface area contributed by atoms with Gasteiger partial charge in [0.15, 0.2) is 0 Å². The Kier molecular flexibility index (Phi) is 2.69. The average molecular weight is 212 g/mol. The van der Waals surface area contributed by atoms with Crippen molar-refractivity contribution in [1.29, 1.82) is 5.26 Å². The minimum absolute atomic E-state index is 0.583. The van der Waals surface area contributed by atoms with E-state index in [0.717, 1.165) is 23.8 Å². The van der Waals surface area contributed by atoms with Gasteiger partial charge in [-0.1, -0.05) is 6.92 Å².